The molecule has 11 heteroatoms. The van der Waals surface area contributed by atoms with Crippen molar-refractivity contribution in [3.63, 3.8) is 0 Å². The standard InChI is InChI=1S/C23H32N4O6S/c1-3-19-21-20(6-4-12-32-13-5-11-25-22(21)28)27(26-19)14-16(2)15-33-23(29)17-7-9-18(10-8-17)34(24,30)31/h7-10,16H,3-6,11-15H2,1-2H3,(H,25,28)(H2,24,30,31)/t16-/m1/s1. The monoisotopic (exact) mass is 492 g/mol. The van der Waals surface area contributed by atoms with Gasteiger partial charge in [0.2, 0.25) is 10.0 Å². The van der Waals surface area contributed by atoms with Gasteiger partial charge >= 0.3 is 5.97 Å². The zero-order chi connectivity index (χ0) is 24.7. The summed E-state index contributed by atoms with van der Waals surface area (Å²) in [4.78, 5) is 25.2. The summed E-state index contributed by atoms with van der Waals surface area (Å²) in [7, 11) is -3.83. The lowest BCUT2D eigenvalue weighted by Gasteiger charge is -2.15. The number of nitrogens with one attached hydrogen (secondary N) is 1. The normalized spacial score (nSPS) is 16.1. The summed E-state index contributed by atoms with van der Waals surface area (Å²) in [5.74, 6) is -0.737. The highest BCUT2D eigenvalue weighted by Gasteiger charge is 2.24. The highest BCUT2D eigenvalue weighted by Crippen LogP contribution is 2.20. The maximum Gasteiger partial charge on any atom is 0.338 e. The molecule has 0 unspecified atom stereocenters. The molecular weight excluding hydrogens is 460 g/mol. The van der Waals surface area contributed by atoms with E-state index in [9.17, 15) is 18.0 Å². The minimum atomic E-state index is -3.83. The van der Waals surface area contributed by atoms with Crippen LogP contribution in [0.15, 0.2) is 29.2 Å². The van der Waals surface area contributed by atoms with Gasteiger partial charge in [0, 0.05) is 32.2 Å². The molecule has 186 valence electrons. The molecule has 0 saturated heterocycles. The smallest absolute Gasteiger partial charge is 0.338 e. The van der Waals surface area contributed by atoms with E-state index in [0.717, 1.165) is 24.2 Å². The number of ether oxygens (including phenoxy) is 2. The third-order valence-electron chi connectivity index (χ3n) is 5.55. The Kier molecular flexibility index (Phi) is 8.81. The predicted molar refractivity (Wildman–Crippen MR) is 125 cm³/mol. The summed E-state index contributed by atoms with van der Waals surface area (Å²) in [6.07, 6.45) is 2.85. The molecule has 3 N–H and O–H groups in total. The van der Waals surface area contributed by atoms with E-state index in [4.69, 9.17) is 19.7 Å². The molecule has 0 saturated carbocycles. The van der Waals surface area contributed by atoms with Gasteiger partial charge in [0.15, 0.2) is 0 Å². The average Bonchev–Trinajstić information content (AvgIpc) is 3.13. The van der Waals surface area contributed by atoms with Crippen LogP contribution in [0.25, 0.3) is 0 Å². The second-order valence-corrected chi connectivity index (χ2v) is 9.96. The van der Waals surface area contributed by atoms with Gasteiger partial charge in [-0.15, -0.1) is 0 Å². The summed E-state index contributed by atoms with van der Waals surface area (Å²) < 4.78 is 35.6. The number of fused-ring (bicyclic) bond motifs is 1. The number of nitrogens with zero attached hydrogens (tertiary/aromatic N) is 2. The molecule has 2 aromatic rings. The number of carbonyl (C=O) groups is 2. The van der Waals surface area contributed by atoms with E-state index >= 15 is 0 Å². The second-order valence-electron chi connectivity index (χ2n) is 8.40. The van der Waals surface area contributed by atoms with Gasteiger partial charge in [-0.1, -0.05) is 13.8 Å². The summed E-state index contributed by atoms with van der Waals surface area (Å²) in [5.41, 5.74) is 2.50. The topological polar surface area (TPSA) is 143 Å². The summed E-state index contributed by atoms with van der Waals surface area (Å²) in [6.45, 7) is 6.33. The Hall–Kier alpha value is -2.76. The maximum absolute atomic E-state index is 12.9. The molecule has 3 rings (SSSR count). The fourth-order valence-corrected chi connectivity index (χ4v) is 4.32. The van der Waals surface area contributed by atoms with Gasteiger partial charge in [0.05, 0.1) is 34.0 Å². The van der Waals surface area contributed by atoms with Crippen LogP contribution in [-0.4, -0.2) is 56.4 Å². The lowest BCUT2D eigenvalue weighted by atomic mass is 10.1. The molecule has 1 amide bonds. The molecule has 0 fully saturated rings. The van der Waals surface area contributed by atoms with E-state index in [1.54, 1.807) is 0 Å². The van der Waals surface area contributed by atoms with E-state index in [1.165, 1.54) is 24.3 Å². The number of hydrogen-bond donors (Lipinski definition) is 2. The van der Waals surface area contributed by atoms with E-state index < -0.39 is 16.0 Å². The van der Waals surface area contributed by atoms with Gasteiger partial charge in [-0.05, 0) is 49.9 Å². The first-order valence-electron chi connectivity index (χ1n) is 11.4. The Balaban J connectivity index is 1.68. The Morgan fingerprint density at radius 1 is 1.26 bits per heavy atom. The van der Waals surface area contributed by atoms with Gasteiger partial charge in [0.1, 0.15) is 0 Å². The quantitative estimate of drug-likeness (QED) is 0.560. The largest absolute Gasteiger partial charge is 0.462 e. The molecule has 10 nitrogen and oxygen atoms in total. The first-order valence-corrected chi connectivity index (χ1v) is 13.0. The molecule has 0 aliphatic carbocycles. The van der Waals surface area contributed by atoms with Crippen molar-refractivity contribution in [2.24, 2.45) is 11.1 Å². The molecule has 1 aliphatic heterocycles. The van der Waals surface area contributed by atoms with Crippen molar-refractivity contribution >= 4 is 21.9 Å². The van der Waals surface area contributed by atoms with Crippen LogP contribution in [0.2, 0.25) is 0 Å². The van der Waals surface area contributed by atoms with E-state index in [-0.39, 0.29) is 28.9 Å². The SMILES string of the molecule is CCc1nn(C[C@@H](C)COC(=O)c2ccc(S(N)(=O)=O)cc2)c2c1C(=O)NCCCOCCC2. The van der Waals surface area contributed by atoms with E-state index in [0.29, 0.717) is 44.7 Å². The zero-order valence-corrected chi connectivity index (χ0v) is 20.4. The number of aryl methyl sites for hydroxylation is 1. The molecule has 1 atom stereocenters. The predicted octanol–water partition coefficient (Wildman–Crippen LogP) is 1.67. The number of primary sulfonamides is 1. The number of benzene rings is 1. The molecule has 1 aromatic carbocycles. The Bertz CT molecular complexity index is 1110. The van der Waals surface area contributed by atoms with E-state index in [2.05, 4.69) is 5.32 Å². The van der Waals surface area contributed by atoms with Crippen molar-refractivity contribution in [3.8, 4) is 0 Å². The molecule has 1 aromatic heterocycles. The molecule has 34 heavy (non-hydrogen) atoms. The minimum Gasteiger partial charge on any atom is -0.462 e. The summed E-state index contributed by atoms with van der Waals surface area (Å²) in [5, 5.41) is 12.7. The van der Waals surface area contributed by atoms with Gasteiger partial charge < -0.3 is 14.8 Å². The first kappa shape index (κ1) is 25.9. The van der Waals surface area contributed by atoms with Crippen molar-refractivity contribution < 1.29 is 27.5 Å². The number of aromatic nitrogens is 2. The van der Waals surface area contributed by atoms with Crippen LogP contribution in [0.1, 0.15) is 58.8 Å². The lowest BCUT2D eigenvalue weighted by molar-refractivity contribution is 0.0435. The number of hydrogen-bond acceptors (Lipinski definition) is 7. The molecular formula is C23H32N4O6S. The molecule has 0 radical (unpaired) electrons. The van der Waals surface area contributed by atoms with Crippen LogP contribution in [0.5, 0.6) is 0 Å². The van der Waals surface area contributed by atoms with Gasteiger partial charge in [0.25, 0.3) is 5.91 Å². The van der Waals surface area contributed by atoms with Gasteiger partial charge in [-0.25, -0.2) is 18.4 Å². The fourth-order valence-electron chi connectivity index (χ4n) is 3.80. The van der Waals surface area contributed by atoms with Crippen LogP contribution in [0, 0.1) is 5.92 Å². The van der Waals surface area contributed by atoms with Crippen LogP contribution in [-0.2, 0) is 38.9 Å². The number of sulfonamides is 1. The summed E-state index contributed by atoms with van der Waals surface area (Å²) in [6, 6.07) is 5.27. The summed E-state index contributed by atoms with van der Waals surface area (Å²) >= 11 is 0. The molecule has 0 spiro atoms. The van der Waals surface area contributed by atoms with Crippen molar-refractivity contribution in [2.45, 2.75) is 51.0 Å². The van der Waals surface area contributed by atoms with Crippen molar-refractivity contribution in [3.05, 3.63) is 46.8 Å². The number of nitrogens with two attached hydrogens (primary N) is 1. The fraction of sp³-hybridized carbons (Fsp3) is 0.522. The molecule has 1 aliphatic rings. The second kappa shape index (κ2) is 11.6. The number of esters is 1. The first-order chi connectivity index (χ1) is 16.2. The van der Waals surface area contributed by atoms with E-state index in [1.807, 2.05) is 18.5 Å². The third kappa shape index (κ3) is 6.64. The Labute approximate surface area is 199 Å². The van der Waals surface area contributed by atoms with Crippen LogP contribution in [0.3, 0.4) is 0 Å². The van der Waals surface area contributed by atoms with Crippen LogP contribution >= 0.6 is 0 Å². The van der Waals surface area contributed by atoms with Gasteiger partial charge in [-0.2, -0.15) is 5.10 Å². The van der Waals surface area contributed by atoms with Gasteiger partial charge in [-0.3, -0.25) is 9.48 Å². The zero-order valence-electron chi connectivity index (χ0n) is 19.6. The van der Waals surface area contributed by atoms with Crippen LogP contribution < -0.4 is 10.5 Å². The molecule has 0 bridgehead atoms. The Morgan fingerprint density at radius 2 is 1.97 bits per heavy atom. The molecule has 2 heterocycles. The van der Waals surface area contributed by atoms with Crippen LogP contribution in [0.4, 0.5) is 0 Å². The number of rotatable bonds is 7. The van der Waals surface area contributed by atoms with Crippen molar-refractivity contribution in [1.29, 1.82) is 0 Å². The average molecular weight is 493 g/mol. The number of carbonyl (C=O) groups excluding carboxylic acids is 2. The lowest BCUT2D eigenvalue weighted by Crippen LogP contribution is -2.27. The van der Waals surface area contributed by atoms with Crippen molar-refractivity contribution in [2.75, 3.05) is 26.4 Å². The van der Waals surface area contributed by atoms with Crippen molar-refractivity contribution in [1.82, 2.24) is 15.1 Å². The maximum atomic E-state index is 12.9. The third-order valence-corrected chi connectivity index (χ3v) is 6.48. The highest BCUT2D eigenvalue weighted by atomic mass is 32.2. The Morgan fingerprint density at radius 3 is 2.65 bits per heavy atom. The highest BCUT2D eigenvalue weighted by molar-refractivity contribution is 7.89. The number of amides is 1. The minimum absolute atomic E-state index is 0.0705.